The average molecular weight is 257 g/mol. The standard InChI is InChI=1S/C15H35N3/c1-2-3-4-5-6-7-8-9-12-17-13-10-14-18-15-11-16/h17-18H,2-16H2,1H3. The van der Waals surface area contributed by atoms with Gasteiger partial charge in [-0.1, -0.05) is 51.9 Å². The quantitative estimate of drug-likeness (QED) is 0.395. The third-order valence-electron chi connectivity index (χ3n) is 3.24. The molecular weight excluding hydrogens is 222 g/mol. The monoisotopic (exact) mass is 257 g/mol. The van der Waals surface area contributed by atoms with Gasteiger partial charge in [0.25, 0.3) is 0 Å². The summed E-state index contributed by atoms with van der Waals surface area (Å²) in [6.07, 6.45) is 12.4. The fourth-order valence-electron chi connectivity index (χ4n) is 2.07. The smallest absolute Gasteiger partial charge is 0.00745 e. The van der Waals surface area contributed by atoms with Gasteiger partial charge in [-0.3, -0.25) is 0 Å². The Morgan fingerprint density at radius 1 is 0.611 bits per heavy atom. The Balaban J connectivity index is 2.86. The Morgan fingerprint density at radius 2 is 1.11 bits per heavy atom. The van der Waals surface area contributed by atoms with Crippen molar-refractivity contribution in [1.29, 1.82) is 0 Å². The number of nitrogens with one attached hydrogen (secondary N) is 2. The van der Waals surface area contributed by atoms with E-state index in [1.807, 2.05) is 0 Å². The normalized spacial score (nSPS) is 11.0. The number of hydrogen-bond acceptors (Lipinski definition) is 3. The minimum absolute atomic E-state index is 0.742. The third kappa shape index (κ3) is 15.9. The van der Waals surface area contributed by atoms with Crippen LogP contribution in [0.5, 0.6) is 0 Å². The molecular formula is C15H35N3. The van der Waals surface area contributed by atoms with Crippen LogP contribution >= 0.6 is 0 Å². The fourth-order valence-corrected chi connectivity index (χ4v) is 2.07. The lowest BCUT2D eigenvalue weighted by Crippen LogP contribution is -2.26. The van der Waals surface area contributed by atoms with E-state index < -0.39 is 0 Å². The van der Waals surface area contributed by atoms with E-state index in [0.717, 1.165) is 26.2 Å². The topological polar surface area (TPSA) is 50.1 Å². The SMILES string of the molecule is CCCCCCCCCCNCCCNCCN. The maximum absolute atomic E-state index is 5.40. The van der Waals surface area contributed by atoms with E-state index in [1.165, 1.54) is 64.3 Å². The predicted molar refractivity (Wildman–Crippen MR) is 82.0 cm³/mol. The van der Waals surface area contributed by atoms with E-state index in [1.54, 1.807) is 0 Å². The van der Waals surface area contributed by atoms with Crippen molar-refractivity contribution in [1.82, 2.24) is 10.6 Å². The van der Waals surface area contributed by atoms with Crippen LogP contribution in [0.15, 0.2) is 0 Å². The zero-order valence-corrected chi connectivity index (χ0v) is 12.5. The lowest BCUT2D eigenvalue weighted by molar-refractivity contribution is 0.544. The molecule has 110 valence electrons. The average Bonchev–Trinajstić information content (AvgIpc) is 2.39. The highest BCUT2D eigenvalue weighted by atomic mass is 14.9. The van der Waals surface area contributed by atoms with Crippen LogP contribution in [-0.4, -0.2) is 32.7 Å². The Morgan fingerprint density at radius 3 is 1.72 bits per heavy atom. The summed E-state index contributed by atoms with van der Waals surface area (Å²) in [6.45, 7) is 7.36. The van der Waals surface area contributed by atoms with Crippen LogP contribution in [0, 0.1) is 0 Å². The summed E-state index contributed by atoms with van der Waals surface area (Å²) in [7, 11) is 0. The second-order valence-electron chi connectivity index (χ2n) is 5.12. The van der Waals surface area contributed by atoms with E-state index in [2.05, 4.69) is 17.6 Å². The van der Waals surface area contributed by atoms with Crippen LogP contribution in [0.1, 0.15) is 64.7 Å². The van der Waals surface area contributed by atoms with Gasteiger partial charge in [0.1, 0.15) is 0 Å². The van der Waals surface area contributed by atoms with Crippen molar-refractivity contribution >= 4 is 0 Å². The minimum Gasteiger partial charge on any atom is -0.329 e. The van der Waals surface area contributed by atoms with E-state index in [4.69, 9.17) is 5.73 Å². The second kappa shape index (κ2) is 16.9. The van der Waals surface area contributed by atoms with Crippen molar-refractivity contribution in [3.8, 4) is 0 Å². The maximum atomic E-state index is 5.40. The third-order valence-corrected chi connectivity index (χ3v) is 3.24. The Hall–Kier alpha value is -0.120. The maximum Gasteiger partial charge on any atom is 0.00745 e. The van der Waals surface area contributed by atoms with Crippen molar-refractivity contribution in [3.05, 3.63) is 0 Å². The molecule has 3 nitrogen and oxygen atoms in total. The highest BCUT2D eigenvalue weighted by molar-refractivity contribution is 4.53. The first kappa shape index (κ1) is 17.9. The van der Waals surface area contributed by atoms with Gasteiger partial charge in [0.2, 0.25) is 0 Å². The van der Waals surface area contributed by atoms with E-state index in [0.29, 0.717) is 0 Å². The van der Waals surface area contributed by atoms with Crippen LogP contribution in [0.25, 0.3) is 0 Å². The molecule has 3 heteroatoms. The van der Waals surface area contributed by atoms with Gasteiger partial charge in [-0.25, -0.2) is 0 Å². The van der Waals surface area contributed by atoms with Gasteiger partial charge < -0.3 is 16.4 Å². The van der Waals surface area contributed by atoms with Crippen molar-refractivity contribution in [2.24, 2.45) is 5.73 Å². The molecule has 0 fully saturated rings. The minimum atomic E-state index is 0.742. The summed E-state index contributed by atoms with van der Waals surface area (Å²) in [6, 6.07) is 0. The number of nitrogens with two attached hydrogens (primary N) is 1. The van der Waals surface area contributed by atoms with Gasteiger partial charge in [-0.2, -0.15) is 0 Å². The summed E-state index contributed by atoms with van der Waals surface area (Å²) in [5.41, 5.74) is 5.40. The van der Waals surface area contributed by atoms with Crippen molar-refractivity contribution in [2.45, 2.75) is 64.7 Å². The molecule has 0 heterocycles. The molecule has 0 saturated carbocycles. The first-order chi connectivity index (χ1) is 8.91. The van der Waals surface area contributed by atoms with Crippen molar-refractivity contribution in [2.75, 3.05) is 32.7 Å². The summed E-state index contributed by atoms with van der Waals surface area (Å²) in [5.74, 6) is 0. The molecule has 0 aliphatic carbocycles. The van der Waals surface area contributed by atoms with Crippen LogP contribution in [0.4, 0.5) is 0 Å². The fraction of sp³-hybridized carbons (Fsp3) is 1.00. The Kier molecular flexibility index (Phi) is 16.8. The predicted octanol–water partition coefficient (Wildman–Crippen LogP) is 2.66. The molecule has 0 rings (SSSR count). The summed E-state index contributed by atoms with van der Waals surface area (Å²) >= 11 is 0. The van der Waals surface area contributed by atoms with E-state index in [-0.39, 0.29) is 0 Å². The van der Waals surface area contributed by atoms with Gasteiger partial charge in [-0.05, 0) is 32.5 Å². The number of hydrogen-bond donors (Lipinski definition) is 3. The largest absolute Gasteiger partial charge is 0.329 e. The molecule has 0 aliphatic rings. The first-order valence-electron chi connectivity index (χ1n) is 8.03. The first-order valence-corrected chi connectivity index (χ1v) is 8.03. The molecule has 0 saturated heterocycles. The molecule has 0 spiro atoms. The molecule has 0 aromatic rings. The molecule has 0 amide bonds. The van der Waals surface area contributed by atoms with Crippen LogP contribution in [-0.2, 0) is 0 Å². The van der Waals surface area contributed by atoms with E-state index in [9.17, 15) is 0 Å². The molecule has 0 aliphatic heterocycles. The summed E-state index contributed by atoms with van der Waals surface area (Å²) in [5, 5.41) is 6.81. The molecule has 0 aromatic carbocycles. The van der Waals surface area contributed by atoms with Gasteiger partial charge in [0.15, 0.2) is 0 Å². The molecule has 18 heavy (non-hydrogen) atoms. The molecule has 0 atom stereocenters. The molecule has 0 bridgehead atoms. The van der Waals surface area contributed by atoms with Gasteiger partial charge in [-0.15, -0.1) is 0 Å². The molecule has 0 aromatic heterocycles. The van der Waals surface area contributed by atoms with Crippen molar-refractivity contribution < 1.29 is 0 Å². The summed E-state index contributed by atoms with van der Waals surface area (Å²) in [4.78, 5) is 0. The zero-order valence-electron chi connectivity index (χ0n) is 12.5. The van der Waals surface area contributed by atoms with Gasteiger partial charge >= 0.3 is 0 Å². The van der Waals surface area contributed by atoms with E-state index >= 15 is 0 Å². The van der Waals surface area contributed by atoms with Crippen LogP contribution < -0.4 is 16.4 Å². The lowest BCUT2D eigenvalue weighted by Gasteiger charge is -2.05. The lowest BCUT2D eigenvalue weighted by atomic mass is 10.1. The van der Waals surface area contributed by atoms with Gasteiger partial charge in [0, 0.05) is 13.1 Å². The highest BCUT2D eigenvalue weighted by Gasteiger charge is 1.92. The van der Waals surface area contributed by atoms with Crippen LogP contribution in [0.3, 0.4) is 0 Å². The Labute approximate surface area is 114 Å². The Bertz CT molecular complexity index is 124. The highest BCUT2D eigenvalue weighted by Crippen LogP contribution is 2.07. The second-order valence-corrected chi connectivity index (χ2v) is 5.12. The van der Waals surface area contributed by atoms with Gasteiger partial charge in [0.05, 0.1) is 0 Å². The molecule has 0 unspecified atom stereocenters. The molecule has 0 radical (unpaired) electrons. The van der Waals surface area contributed by atoms with Crippen molar-refractivity contribution in [3.63, 3.8) is 0 Å². The number of unbranched alkanes of at least 4 members (excludes halogenated alkanes) is 7. The van der Waals surface area contributed by atoms with Crippen LogP contribution in [0.2, 0.25) is 0 Å². The molecule has 4 N–H and O–H groups in total. The summed E-state index contributed by atoms with van der Waals surface area (Å²) < 4.78 is 0. The number of rotatable bonds is 15. The zero-order chi connectivity index (χ0) is 13.3.